The van der Waals surface area contributed by atoms with E-state index in [9.17, 15) is 4.79 Å². The second kappa shape index (κ2) is 9.94. The van der Waals surface area contributed by atoms with E-state index in [2.05, 4.69) is 22.2 Å². The van der Waals surface area contributed by atoms with Crippen molar-refractivity contribution in [2.24, 2.45) is 0 Å². The third-order valence-corrected chi connectivity index (χ3v) is 5.86. The summed E-state index contributed by atoms with van der Waals surface area (Å²) < 4.78 is 17.3. The molecule has 0 atom stereocenters. The quantitative estimate of drug-likeness (QED) is 0.549. The minimum atomic E-state index is -0.00556. The van der Waals surface area contributed by atoms with Crippen LogP contribution in [0.25, 0.3) is 11.0 Å². The number of nitrogens with zero attached hydrogens (tertiary/aromatic N) is 2. The van der Waals surface area contributed by atoms with Gasteiger partial charge in [-0.3, -0.25) is 4.79 Å². The number of carbonyl (C=O) groups is 1. The van der Waals surface area contributed by atoms with Crippen LogP contribution in [0, 0.1) is 0 Å². The number of rotatable bonds is 8. The highest BCUT2D eigenvalue weighted by molar-refractivity contribution is 5.95. The lowest BCUT2D eigenvalue weighted by Crippen LogP contribution is -2.37. The Morgan fingerprint density at radius 3 is 2.34 bits per heavy atom. The number of benzene rings is 1. The lowest BCUT2D eigenvalue weighted by Gasteiger charge is -2.32. The molecule has 1 aliphatic heterocycles. The highest BCUT2D eigenvalue weighted by Gasteiger charge is 2.28. The molecule has 0 bridgehead atoms. The van der Waals surface area contributed by atoms with Gasteiger partial charge < -0.3 is 24.1 Å². The zero-order chi connectivity index (χ0) is 22.5. The van der Waals surface area contributed by atoms with Gasteiger partial charge in [-0.05, 0) is 69.4 Å². The fraction of sp³-hybridized carbons (Fsp3) is 0.440. The first-order valence-corrected chi connectivity index (χ1v) is 11.4. The van der Waals surface area contributed by atoms with E-state index in [1.807, 2.05) is 31.7 Å². The number of ether oxygens (including phenoxy) is 3. The van der Waals surface area contributed by atoms with E-state index in [0.29, 0.717) is 61.6 Å². The van der Waals surface area contributed by atoms with Gasteiger partial charge in [-0.15, -0.1) is 0 Å². The zero-order valence-corrected chi connectivity index (χ0v) is 19.0. The Bertz CT molecular complexity index is 1040. The van der Waals surface area contributed by atoms with E-state index in [-0.39, 0.29) is 5.91 Å². The number of amides is 1. The number of nitrogens with one attached hydrogen (secondary N) is 1. The van der Waals surface area contributed by atoms with Crippen molar-refractivity contribution in [3.63, 3.8) is 0 Å². The molecule has 2 aromatic heterocycles. The number of hydrogen-bond donors (Lipinski definition) is 1. The van der Waals surface area contributed by atoms with Gasteiger partial charge in [-0.2, -0.15) is 0 Å². The summed E-state index contributed by atoms with van der Waals surface area (Å²) in [5, 5.41) is 1.17. The van der Waals surface area contributed by atoms with Crippen LogP contribution in [0.5, 0.6) is 17.2 Å². The number of likely N-dealkylation sites (tertiary alicyclic amines) is 1. The van der Waals surface area contributed by atoms with Gasteiger partial charge in [0.2, 0.25) is 5.75 Å². The Hall–Kier alpha value is -3.22. The largest absolute Gasteiger partial charge is 0.490 e. The van der Waals surface area contributed by atoms with Crippen molar-refractivity contribution in [2.45, 2.75) is 39.5 Å². The lowest BCUT2D eigenvalue weighted by molar-refractivity contribution is 0.0712. The second-order valence-electron chi connectivity index (χ2n) is 7.81. The molecular weight excluding hydrogens is 406 g/mol. The Morgan fingerprint density at radius 2 is 1.72 bits per heavy atom. The van der Waals surface area contributed by atoms with E-state index < -0.39 is 0 Å². The van der Waals surface area contributed by atoms with Crippen LogP contribution in [-0.2, 0) is 0 Å². The minimum absolute atomic E-state index is 0.00556. The maximum absolute atomic E-state index is 13.3. The molecular formula is C25H31N3O4. The summed E-state index contributed by atoms with van der Waals surface area (Å²) in [7, 11) is 0. The van der Waals surface area contributed by atoms with Crippen molar-refractivity contribution in [3.05, 3.63) is 47.8 Å². The summed E-state index contributed by atoms with van der Waals surface area (Å²) in [5.74, 6) is 2.05. The first-order valence-electron chi connectivity index (χ1n) is 11.4. The van der Waals surface area contributed by atoms with Crippen LogP contribution >= 0.6 is 0 Å². The SMILES string of the molecule is CCOc1cc(C(=O)N2CCC(c3c[nH]c4ncccc34)CC2)cc(OCC)c1OCC. The van der Waals surface area contributed by atoms with Crippen LogP contribution in [0.2, 0.25) is 0 Å². The van der Waals surface area contributed by atoms with Crippen molar-refractivity contribution in [1.82, 2.24) is 14.9 Å². The Balaban J connectivity index is 1.52. The molecule has 1 aromatic carbocycles. The first-order chi connectivity index (χ1) is 15.7. The van der Waals surface area contributed by atoms with Gasteiger partial charge >= 0.3 is 0 Å². The van der Waals surface area contributed by atoms with Crippen LogP contribution in [0.15, 0.2) is 36.7 Å². The van der Waals surface area contributed by atoms with Crippen molar-refractivity contribution >= 4 is 16.9 Å². The molecule has 1 amide bonds. The minimum Gasteiger partial charge on any atom is -0.490 e. The predicted octanol–water partition coefficient (Wildman–Crippen LogP) is 4.78. The van der Waals surface area contributed by atoms with Gasteiger partial charge in [0.1, 0.15) is 5.65 Å². The van der Waals surface area contributed by atoms with Crippen LogP contribution in [0.1, 0.15) is 55.5 Å². The average molecular weight is 438 g/mol. The van der Waals surface area contributed by atoms with Crippen molar-refractivity contribution in [2.75, 3.05) is 32.9 Å². The fourth-order valence-corrected chi connectivity index (χ4v) is 4.40. The molecule has 3 heterocycles. The number of piperidine rings is 1. The average Bonchev–Trinajstić information content (AvgIpc) is 3.25. The van der Waals surface area contributed by atoms with E-state index in [1.54, 1.807) is 18.3 Å². The molecule has 0 unspecified atom stereocenters. The molecule has 1 aliphatic rings. The molecule has 0 saturated carbocycles. The zero-order valence-electron chi connectivity index (χ0n) is 19.0. The smallest absolute Gasteiger partial charge is 0.254 e. The van der Waals surface area contributed by atoms with Gasteiger partial charge in [0.15, 0.2) is 11.5 Å². The molecule has 1 saturated heterocycles. The van der Waals surface area contributed by atoms with Gasteiger partial charge in [0.05, 0.1) is 19.8 Å². The van der Waals surface area contributed by atoms with E-state index in [4.69, 9.17) is 14.2 Å². The maximum Gasteiger partial charge on any atom is 0.254 e. The number of H-pyrrole nitrogens is 1. The van der Waals surface area contributed by atoms with Gasteiger partial charge in [0.25, 0.3) is 5.91 Å². The highest BCUT2D eigenvalue weighted by atomic mass is 16.5. The van der Waals surface area contributed by atoms with Gasteiger partial charge in [0, 0.05) is 36.4 Å². The lowest BCUT2D eigenvalue weighted by atomic mass is 9.89. The molecule has 0 radical (unpaired) electrons. The molecule has 0 spiro atoms. The number of hydrogen-bond acceptors (Lipinski definition) is 5. The highest BCUT2D eigenvalue weighted by Crippen LogP contribution is 2.40. The predicted molar refractivity (Wildman–Crippen MR) is 124 cm³/mol. The van der Waals surface area contributed by atoms with E-state index in [1.165, 1.54) is 10.9 Å². The molecule has 7 heteroatoms. The third kappa shape index (κ3) is 4.38. The summed E-state index contributed by atoms with van der Waals surface area (Å²) in [5.41, 5.74) is 2.77. The maximum atomic E-state index is 13.3. The molecule has 1 N–H and O–H groups in total. The second-order valence-corrected chi connectivity index (χ2v) is 7.81. The summed E-state index contributed by atoms with van der Waals surface area (Å²) in [6.45, 7) is 8.60. The van der Waals surface area contributed by atoms with Crippen LogP contribution in [0.3, 0.4) is 0 Å². The fourth-order valence-electron chi connectivity index (χ4n) is 4.40. The topological polar surface area (TPSA) is 76.7 Å². The van der Waals surface area contributed by atoms with Crippen LogP contribution < -0.4 is 14.2 Å². The molecule has 170 valence electrons. The monoisotopic (exact) mass is 437 g/mol. The number of carbonyl (C=O) groups excluding carboxylic acids is 1. The van der Waals surface area contributed by atoms with Crippen molar-refractivity contribution < 1.29 is 19.0 Å². The van der Waals surface area contributed by atoms with E-state index >= 15 is 0 Å². The molecule has 1 fully saturated rings. The summed E-state index contributed by atoms with van der Waals surface area (Å²) in [6.07, 6.45) is 5.70. The number of fused-ring (bicyclic) bond motifs is 1. The molecule has 4 rings (SSSR count). The Morgan fingerprint density at radius 1 is 1.06 bits per heavy atom. The van der Waals surface area contributed by atoms with E-state index in [0.717, 1.165) is 18.5 Å². The third-order valence-electron chi connectivity index (χ3n) is 5.86. The summed E-state index contributed by atoms with van der Waals surface area (Å²) in [6, 6.07) is 7.62. The number of pyridine rings is 1. The van der Waals surface area contributed by atoms with Gasteiger partial charge in [-0.1, -0.05) is 0 Å². The van der Waals surface area contributed by atoms with Crippen LogP contribution in [-0.4, -0.2) is 53.7 Å². The normalized spacial score (nSPS) is 14.5. The number of aromatic nitrogens is 2. The van der Waals surface area contributed by atoms with Crippen molar-refractivity contribution in [3.8, 4) is 17.2 Å². The molecule has 0 aliphatic carbocycles. The molecule has 32 heavy (non-hydrogen) atoms. The Labute approximate surface area is 188 Å². The molecule has 7 nitrogen and oxygen atoms in total. The first kappa shape index (κ1) is 22.0. The molecule has 3 aromatic rings. The summed E-state index contributed by atoms with van der Waals surface area (Å²) in [4.78, 5) is 22.9. The summed E-state index contributed by atoms with van der Waals surface area (Å²) >= 11 is 0. The van der Waals surface area contributed by atoms with Crippen molar-refractivity contribution in [1.29, 1.82) is 0 Å². The van der Waals surface area contributed by atoms with Gasteiger partial charge in [-0.25, -0.2) is 4.98 Å². The van der Waals surface area contributed by atoms with Crippen LogP contribution in [0.4, 0.5) is 0 Å². The Kier molecular flexibility index (Phi) is 6.83. The standard InChI is InChI=1S/C25H31N3O4/c1-4-30-21-14-18(15-22(31-5-2)23(21)32-6-3)25(29)28-12-9-17(10-13-28)20-16-27-24-19(20)8-7-11-26-24/h7-8,11,14-17H,4-6,9-10,12-13H2,1-3H3,(H,26,27). The number of aromatic amines is 1.